The number of hydrogen-bond donors (Lipinski definition) is 0. The summed E-state index contributed by atoms with van der Waals surface area (Å²) in [7, 11) is 0. The summed E-state index contributed by atoms with van der Waals surface area (Å²) in [5, 5.41) is 0. The van der Waals surface area contributed by atoms with E-state index in [0.717, 1.165) is 6.42 Å². The lowest BCUT2D eigenvalue weighted by atomic mass is 9.55. The fraction of sp³-hybridized carbons (Fsp3) is 0.929. The topological polar surface area (TPSA) is 54.0 Å². The Morgan fingerprint density at radius 3 is 2.30 bits per heavy atom. The number of rotatable bonds is 0. The minimum Gasteiger partial charge on any atom is -0.346 e. The first-order valence-electron chi connectivity index (χ1n) is 7.46. The second-order valence-electron chi connectivity index (χ2n) is 6.89. The minimum absolute atomic E-state index is 0.0703. The molecule has 4 aliphatic carbocycles. The van der Waals surface area contributed by atoms with Crippen LogP contribution in [0.4, 0.5) is 0 Å². The molecule has 6 atom stereocenters. The summed E-state index contributed by atoms with van der Waals surface area (Å²) >= 11 is 3.95. The highest BCUT2D eigenvalue weighted by atomic mass is 79.9. The lowest BCUT2D eigenvalue weighted by molar-refractivity contribution is -0.224. The van der Waals surface area contributed by atoms with Gasteiger partial charge < -0.3 is 18.9 Å². The van der Waals surface area contributed by atoms with Crippen molar-refractivity contribution >= 4 is 21.7 Å². The van der Waals surface area contributed by atoms with Crippen LogP contribution in [0.3, 0.4) is 0 Å². The van der Waals surface area contributed by atoms with E-state index < -0.39 is 11.6 Å². The van der Waals surface area contributed by atoms with Crippen LogP contribution < -0.4 is 0 Å². The largest absolute Gasteiger partial charge is 0.346 e. The summed E-state index contributed by atoms with van der Waals surface area (Å²) in [6.07, 6.45) is 0.983. The highest BCUT2D eigenvalue weighted by Gasteiger charge is 2.94. The summed E-state index contributed by atoms with van der Waals surface area (Å²) in [6.45, 7) is 2.32. The van der Waals surface area contributed by atoms with Gasteiger partial charge in [-0.25, -0.2) is 0 Å². The van der Waals surface area contributed by atoms with Crippen molar-refractivity contribution in [1.29, 1.82) is 0 Å². The molecular formula is C14H15BrO5. The number of ketones is 1. The third kappa shape index (κ3) is 0.792. The van der Waals surface area contributed by atoms with Crippen LogP contribution in [0.1, 0.15) is 6.42 Å². The second kappa shape index (κ2) is 3.04. The Kier molecular flexibility index (Phi) is 1.75. The van der Waals surface area contributed by atoms with Crippen LogP contribution in [0, 0.1) is 29.6 Å². The van der Waals surface area contributed by atoms with Gasteiger partial charge in [0, 0.05) is 17.8 Å². The Labute approximate surface area is 124 Å². The van der Waals surface area contributed by atoms with Gasteiger partial charge in [-0.2, -0.15) is 0 Å². The van der Waals surface area contributed by atoms with Crippen LogP contribution in [0.25, 0.3) is 0 Å². The molecule has 6 rings (SSSR count). The van der Waals surface area contributed by atoms with Crippen LogP contribution in [0.15, 0.2) is 0 Å². The maximum atomic E-state index is 12.8. The van der Waals surface area contributed by atoms with Gasteiger partial charge in [-0.3, -0.25) is 4.79 Å². The molecule has 0 N–H and O–H groups in total. The third-order valence-electron chi connectivity index (χ3n) is 6.71. The number of Topliss-reactive ketones (excluding diaryl/α,β-unsaturated/α-hetero) is 1. The van der Waals surface area contributed by atoms with E-state index in [1.165, 1.54) is 0 Å². The summed E-state index contributed by atoms with van der Waals surface area (Å²) in [6, 6.07) is 0. The first kappa shape index (κ1) is 11.5. The molecule has 108 valence electrons. The molecule has 0 unspecified atom stereocenters. The maximum absolute atomic E-state index is 12.8. The number of ether oxygens (including phenoxy) is 4. The molecule has 2 aliphatic heterocycles. The van der Waals surface area contributed by atoms with Gasteiger partial charge >= 0.3 is 0 Å². The van der Waals surface area contributed by atoms with Crippen molar-refractivity contribution < 1.29 is 23.7 Å². The standard InChI is InChI=1S/C14H15BrO5/c15-12-6-5-7(14(12)19-3-4-20-14)9-10(12)8(6)11(16)13(9)17-1-2-18-13/h6-10H,1-5H2/t6-,7-,8+,9+,10+,12+/m0/s1. The number of alkyl halides is 1. The molecule has 20 heavy (non-hydrogen) atoms. The van der Waals surface area contributed by atoms with Gasteiger partial charge in [0.1, 0.15) is 0 Å². The van der Waals surface area contributed by atoms with Gasteiger partial charge in [0.05, 0.1) is 30.8 Å². The van der Waals surface area contributed by atoms with Crippen molar-refractivity contribution in [2.24, 2.45) is 29.6 Å². The predicted octanol–water partition coefficient (Wildman–Crippen LogP) is 0.701. The van der Waals surface area contributed by atoms with Crippen LogP contribution in [-0.4, -0.2) is 48.1 Å². The number of hydrogen-bond acceptors (Lipinski definition) is 5. The Morgan fingerprint density at radius 2 is 1.60 bits per heavy atom. The van der Waals surface area contributed by atoms with Gasteiger partial charge in [0.15, 0.2) is 11.6 Å². The van der Waals surface area contributed by atoms with Gasteiger partial charge in [0.2, 0.25) is 5.79 Å². The second-order valence-corrected chi connectivity index (χ2v) is 8.20. The molecule has 0 radical (unpaired) electrons. The molecule has 5 nitrogen and oxygen atoms in total. The van der Waals surface area contributed by atoms with Crippen LogP contribution in [0.2, 0.25) is 0 Å². The monoisotopic (exact) mass is 342 g/mol. The molecular weight excluding hydrogens is 328 g/mol. The molecule has 0 aromatic carbocycles. The van der Waals surface area contributed by atoms with E-state index in [1.807, 2.05) is 0 Å². The minimum atomic E-state index is -0.997. The van der Waals surface area contributed by atoms with Crippen molar-refractivity contribution in [3.63, 3.8) is 0 Å². The highest BCUT2D eigenvalue weighted by molar-refractivity contribution is 9.10. The fourth-order valence-corrected chi connectivity index (χ4v) is 7.98. The van der Waals surface area contributed by atoms with E-state index in [4.69, 9.17) is 18.9 Å². The molecule has 4 saturated carbocycles. The van der Waals surface area contributed by atoms with Crippen LogP contribution in [0.5, 0.6) is 0 Å². The summed E-state index contributed by atoms with van der Waals surface area (Å²) in [4.78, 5) is 12.8. The van der Waals surface area contributed by atoms with E-state index in [1.54, 1.807) is 0 Å². The van der Waals surface area contributed by atoms with Crippen molar-refractivity contribution in [3.05, 3.63) is 0 Å². The Hall–Kier alpha value is -0.0100. The Morgan fingerprint density at radius 1 is 0.950 bits per heavy atom. The maximum Gasteiger partial charge on any atom is 0.233 e. The predicted molar refractivity (Wildman–Crippen MR) is 68.0 cm³/mol. The van der Waals surface area contributed by atoms with Gasteiger partial charge in [-0.1, -0.05) is 15.9 Å². The number of halogens is 1. The summed E-state index contributed by atoms with van der Waals surface area (Å²) in [5.41, 5.74) is 0. The van der Waals surface area contributed by atoms with Gasteiger partial charge in [-0.05, 0) is 18.3 Å². The molecule has 2 spiro atoms. The molecule has 0 amide bonds. The molecule has 2 saturated heterocycles. The average molecular weight is 343 g/mol. The molecule has 6 fully saturated rings. The zero-order valence-electron chi connectivity index (χ0n) is 10.8. The van der Waals surface area contributed by atoms with E-state index in [2.05, 4.69) is 15.9 Å². The first-order valence-corrected chi connectivity index (χ1v) is 8.25. The summed E-state index contributed by atoms with van der Waals surface area (Å²) in [5.74, 6) is -0.441. The van der Waals surface area contributed by atoms with Crippen LogP contribution in [-0.2, 0) is 23.7 Å². The molecule has 0 aromatic heterocycles. The van der Waals surface area contributed by atoms with Crippen molar-refractivity contribution in [1.82, 2.24) is 0 Å². The SMILES string of the molecule is O=C1[C@H]2[C@@H]3[C@@H]([C@@H]4C[C@@H]2[C@]3(Br)C42OCCO2)C12OCCO2. The zero-order chi connectivity index (χ0) is 13.3. The lowest BCUT2D eigenvalue weighted by Gasteiger charge is -2.54. The molecule has 6 aliphatic rings. The quantitative estimate of drug-likeness (QED) is 0.606. The Bertz CT molecular complexity index is 538. The molecule has 0 aromatic rings. The molecule has 6 heteroatoms. The normalized spacial score (nSPS) is 59.0. The van der Waals surface area contributed by atoms with Gasteiger partial charge in [0.25, 0.3) is 0 Å². The fourth-order valence-electron chi connectivity index (χ4n) is 6.41. The highest BCUT2D eigenvalue weighted by Crippen LogP contribution is 2.85. The molecule has 2 heterocycles. The van der Waals surface area contributed by atoms with E-state index in [0.29, 0.717) is 32.3 Å². The number of carbonyl (C=O) groups excluding carboxylic acids is 1. The zero-order valence-corrected chi connectivity index (χ0v) is 12.4. The van der Waals surface area contributed by atoms with E-state index in [-0.39, 0.29) is 33.8 Å². The van der Waals surface area contributed by atoms with Crippen molar-refractivity contribution in [3.8, 4) is 0 Å². The number of carbonyl (C=O) groups is 1. The molecule has 2 bridgehead atoms. The third-order valence-corrected chi connectivity index (χ3v) is 8.38. The summed E-state index contributed by atoms with van der Waals surface area (Å²) < 4.78 is 23.7. The smallest absolute Gasteiger partial charge is 0.233 e. The van der Waals surface area contributed by atoms with E-state index in [9.17, 15) is 4.79 Å². The van der Waals surface area contributed by atoms with Gasteiger partial charge in [-0.15, -0.1) is 0 Å². The van der Waals surface area contributed by atoms with Crippen molar-refractivity contribution in [2.75, 3.05) is 26.4 Å². The van der Waals surface area contributed by atoms with Crippen molar-refractivity contribution in [2.45, 2.75) is 22.3 Å². The average Bonchev–Trinajstić information content (AvgIpc) is 3.20. The van der Waals surface area contributed by atoms with E-state index >= 15 is 0 Å². The first-order chi connectivity index (χ1) is 9.67. The number of fused-ring (bicyclic) bond motifs is 3. The Balaban J connectivity index is 1.57. The van der Waals surface area contributed by atoms with Crippen LogP contribution >= 0.6 is 15.9 Å². The lowest BCUT2D eigenvalue weighted by Crippen LogP contribution is -2.64.